The van der Waals surface area contributed by atoms with Crippen LogP contribution in [-0.4, -0.2) is 88.8 Å². The van der Waals surface area contributed by atoms with Gasteiger partial charge < -0.3 is 14.9 Å². The first kappa shape index (κ1) is 24.2. The van der Waals surface area contributed by atoms with E-state index in [4.69, 9.17) is 0 Å². The number of piperidine rings is 1. The molecule has 2 atom stereocenters. The zero-order valence-corrected chi connectivity index (χ0v) is 19.2. The number of anilines is 1. The summed E-state index contributed by atoms with van der Waals surface area (Å²) in [6.45, 7) is 7.96. The number of piperazine rings is 1. The quantitative estimate of drug-likeness (QED) is 0.626. The average molecular weight is 470 g/mol. The van der Waals surface area contributed by atoms with Crippen molar-refractivity contribution in [3.05, 3.63) is 23.9 Å². The lowest BCUT2D eigenvalue weighted by molar-refractivity contribution is -0.137. The Morgan fingerprint density at radius 2 is 1.82 bits per heavy atom. The number of likely N-dealkylation sites (tertiary alicyclic amines) is 1. The number of hydrogen-bond acceptors (Lipinski definition) is 5. The van der Waals surface area contributed by atoms with Gasteiger partial charge in [0.15, 0.2) is 0 Å². The molecular weight excluding hydrogens is 435 g/mol. The Bertz CT molecular complexity index is 815. The van der Waals surface area contributed by atoms with Crippen molar-refractivity contribution in [2.24, 2.45) is 5.41 Å². The molecule has 1 aromatic heterocycles. The molecule has 0 aromatic carbocycles. The number of unbranched alkanes of at least 4 members (excludes halogenated alkanes) is 1. The van der Waals surface area contributed by atoms with E-state index in [-0.39, 0.29) is 29.4 Å². The van der Waals surface area contributed by atoms with Crippen molar-refractivity contribution in [2.45, 2.75) is 57.3 Å². The van der Waals surface area contributed by atoms with E-state index in [1.54, 1.807) is 4.90 Å². The van der Waals surface area contributed by atoms with E-state index in [1.165, 1.54) is 18.9 Å². The van der Waals surface area contributed by atoms with Gasteiger partial charge in [0.1, 0.15) is 5.82 Å². The second-order valence-corrected chi connectivity index (χ2v) is 9.84. The lowest BCUT2D eigenvalue weighted by Crippen LogP contribution is -2.55. The van der Waals surface area contributed by atoms with Gasteiger partial charge in [-0.15, -0.1) is 0 Å². The first-order valence-electron chi connectivity index (χ1n) is 11.9. The molecule has 184 valence electrons. The van der Waals surface area contributed by atoms with E-state index in [0.717, 1.165) is 70.8 Å². The van der Waals surface area contributed by atoms with Crippen molar-refractivity contribution in [1.29, 1.82) is 0 Å². The van der Waals surface area contributed by atoms with Crippen LogP contribution in [0, 0.1) is 5.41 Å². The molecule has 10 heteroatoms. The largest absolute Gasteiger partial charge is 0.417 e. The Hall–Kier alpha value is -1.91. The number of amides is 2. The first-order valence-corrected chi connectivity index (χ1v) is 11.9. The van der Waals surface area contributed by atoms with Crippen molar-refractivity contribution in [1.82, 2.24) is 19.7 Å². The Balaban J connectivity index is 1.14. The summed E-state index contributed by atoms with van der Waals surface area (Å²) < 4.78 is 38.0. The number of halogens is 3. The average Bonchev–Trinajstić information content (AvgIpc) is 3.54. The molecule has 2 N–H and O–H groups in total. The fourth-order valence-corrected chi connectivity index (χ4v) is 5.05. The number of carbonyl (C=O) groups excluding carboxylic acids is 1. The van der Waals surface area contributed by atoms with Gasteiger partial charge in [0, 0.05) is 38.4 Å². The number of nitrogens with one attached hydrogen (secondary N) is 1. The topological polar surface area (TPSA) is 71.9 Å². The third-order valence-corrected chi connectivity index (χ3v) is 7.45. The van der Waals surface area contributed by atoms with E-state index in [2.05, 4.69) is 20.1 Å². The van der Waals surface area contributed by atoms with Gasteiger partial charge >= 0.3 is 12.2 Å². The zero-order chi connectivity index (χ0) is 23.6. The number of aliphatic hydroxyl groups is 1. The summed E-state index contributed by atoms with van der Waals surface area (Å²) in [5.41, 5.74) is -0.591. The van der Waals surface area contributed by atoms with E-state index in [9.17, 15) is 23.1 Å². The predicted molar refractivity (Wildman–Crippen MR) is 119 cm³/mol. The van der Waals surface area contributed by atoms with Crippen LogP contribution in [0.5, 0.6) is 0 Å². The first-order chi connectivity index (χ1) is 15.7. The molecule has 1 saturated carbocycles. The van der Waals surface area contributed by atoms with Crippen molar-refractivity contribution in [3.63, 3.8) is 0 Å². The Kier molecular flexibility index (Phi) is 7.16. The van der Waals surface area contributed by atoms with Crippen LogP contribution in [0.4, 0.5) is 23.8 Å². The van der Waals surface area contributed by atoms with Crippen LogP contribution in [0.1, 0.15) is 44.6 Å². The van der Waals surface area contributed by atoms with Crippen LogP contribution in [0.2, 0.25) is 0 Å². The van der Waals surface area contributed by atoms with E-state index >= 15 is 0 Å². The van der Waals surface area contributed by atoms with Gasteiger partial charge in [-0.25, -0.2) is 9.78 Å². The van der Waals surface area contributed by atoms with Gasteiger partial charge in [-0.1, -0.05) is 0 Å². The van der Waals surface area contributed by atoms with Crippen LogP contribution in [0.15, 0.2) is 18.3 Å². The Labute approximate surface area is 192 Å². The number of pyridine rings is 1. The molecule has 33 heavy (non-hydrogen) atoms. The van der Waals surface area contributed by atoms with Crippen LogP contribution in [0.25, 0.3) is 0 Å². The summed E-state index contributed by atoms with van der Waals surface area (Å²) in [5, 5.41) is 12.9. The maximum atomic E-state index is 12.7. The van der Waals surface area contributed by atoms with Crippen LogP contribution in [-0.2, 0) is 6.18 Å². The van der Waals surface area contributed by atoms with Gasteiger partial charge in [-0.2, -0.15) is 13.2 Å². The van der Waals surface area contributed by atoms with E-state index < -0.39 is 11.7 Å². The third-order valence-electron chi connectivity index (χ3n) is 7.45. The van der Waals surface area contributed by atoms with E-state index in [1.807, 2.05) is 6.92 Å². The number of nitrogens with zero attached hydrogens (tertiary/aromatic N) is 4. The Morgan fingerprint density at radius 1 is 1.12 bits per heavy atom. The molecule has 2 saturated heterocycles. The molecule has 4 rings (SSSR count). The highest BCUT2D eigenvalue weighted by Crippen LogP contribution is 2.53. The molecule has 1 aliphatic carbocycles. The number of alkyl halides is 3. The molecule has 7 nitrogen and oxygen atoms in total. The van der Waals surface area contributed by atoms with Crippen LogP contribution >= 0.6 is 0 Å². The van der Waals surface area contributed by atoms with Crippen molar-refractivity contribution < 1.29 is 23.1 Å². The van der Waals surface area contributed by atoms with Crippen molar-refractivity contribution >= 4 is 11.8 Å². The number of aromatic nitrogens is 1. The molecule has 1 aromatic rings. The summed E-state index contributed by atoms with van der Waals surface area (Å²) in [4.78, 5) is 22.7. The van der Waals surface area contributed by atoms with Crippen LogP contribution in [0.3, 0.4) is 0 Å². The fourth-order valence-electron chi connectivity index (χ4n) is 5.05. The third kappa shape index (κ3) is 5.96. The molecule has 2 amide bonds. The van der Waals surface area contributed by atoms with E-state index in [0.29, 0.717) is 6.54 Å². The minimum absolute atomic E-state index is 0.000159. The predicted octanol–water partition coefficient (Wildman–Crippen LogP) is 3.27. The summed E-state index contributed by atoms with van der Waals surface area (Å²) in [6, 6.07) is 1.75. The van der Waals surface area contributed by atoms with Crippen molar-refractivity contribution in [3.8, 4) is 0 Å². The number of rotatable bonds is 6. The lowest BCUT2D eigenvalue weighted by Gasteiger charge is -2.40. The molecule has 0 bridgehead atoms. The fraction of sp³-hybridized carbons (Fsp3) is 0.739. The molecule has 0 radical (unpaired) electrons. The lowest BCUT2D eigenvalue weighted by atomic mass is 9.90. The Morgan fingerprint density at radius 3 is 2.36 bits per heavy atom. The molecule has 3 fully saturated rings. The second-order valence-electron chi connectivity index (χ2n) is 9.84. The number of hydrogen-bond donors (Lipinski definition) is 2. The van der Waals surface area contributed by atoms with Gasteiger partial charge in [0.05, 0.1) is 11.7 Å². The standard InChI is InChI=1S/C23H34F3N5O2/c1-17-15-30(10-3-2-9-29-11-8-22(6-7-22)19(32)16-29)12-13-31(17)21(33)28-20-5-4-18(14-27-20)23(24,25)26/h4-5,14,17,19,32H,2-3,6-13,15-16H2,1H3,(H,27,28,33). The zero-order valence-electron chi connectivity index (χ0n) is 19.2. The van der Waals surface area contributed by atoms with Gasteiger partial charge in [0.25, 0.3) is 0 Å². The molecule has 2 unspecified atom stereocenters. The molecule has 3 heterocycles. The minimum atomic E-state index is -4.45. The smallest absolute Gasteiger partial charge is 0.391 e. The summed E-state index contributed by atoms with van der Waals surface area (Å²) in [5.74, 6) is 0.109. The number of β-amino-alcohol motifs (C(OH)–C–C–N with tert-alkyl or cyclic N) is 1. The van der Waals surface area contributed by atoms with Gasteiger partial charge in [0.2, 0.25) is 0 Å². The highest BCUT2D eigenvalue weighted by atomic mass is 19.4. The van der Waals surface area contributed by atoms with Crippen molar-refractivity contribution in [2.75, 3.05) is 51.1 Å². The summed E-state index contributed by atoms with van der Waals surface area (Å²) in [7, 11) is 0. The highest BCUT2D eigenvalue weighted by Gasteiger charge is 2.51. The maximum Gasteiger partial charge on any atom is 0.417 e. The number of carbonyl (C=O) groups is 1. The highest BCUT2D eigenvalue weighted by molar-refractivity contribution is 5.88. The molecule has 3 aliphatic rings. The minimum Gasteiger partial charge on any atom is -0.391 e. The normalized spacial score (nSPS) is 25.9. The monoisotopic (exact) mass is 469 g/mol. The summed E-state index contributed by atoms with van der Waals surface area (Å²) in [6.07, 6.45) is 1.78. The van der Waals surface area contributed by atoms with Gasteiger partial charge in [-0.05, 0) is 76.2 Å². The maximum absolute atomic E-state index is 12.7. The second kappa shape index (κ2) is 9.76. The van der Waals surface area contributed by atoms with Gasteiger partial charge in [-0.3, -0.25) is 10.2 Å². The SMILES string of the molecule is CC1CN(CCCCN2CCC3(CC3)C(O)C2)CCN1C(=O)Nc1ccc(C(F)(F)F)cn1. The summed E-state index contributed by atoms with van der Waals surface area (Å²) >= 11 is 0. The molecule has 2 aliphatic heterocycles. The number of aliphatic hydroxyl groups excluding tert-OH is 1. The molecule has 1 spiro atoms. The molecular formula is C23H34F3N5O2. The number of urea groups is 1. The van der Waals surface area contributed by atoms with Crippen LogP contribution < -0.4 is 5.32 Å².